The summed E-state index contributed by atoms with van der Waals surface area (Å²) in [6.07, 6.45) is 0. The second-order valence-corrected chi connectivity index (χ2v) is 3.47. The summed E-state index contributed by atoms with van der Waals surface area (Å²) in [4.78, 5) is 31.3. The number of carboxylic acids is 1. The van der Waals surface area contributed by atoms with E-state index >= 15 is 0 Å². The van der Waals surface area contributed by atoms with Crippen molar-refractivity contribution in [1.82, 2.24) is 0 Å². The smallest absolute Gasteiger partial charge is 0.315 e. The largest absolute Gasteiger partial charge is 0.481 e. The first-order valence-corrected chi connectivity index (χ1v) is 4.80. The molecule has 8 heteroatoms. The molecule has 0 bridgehead atoms. The minimum Gasteiger partial charge on any atom is -0.481 e. The van der Waals surface area contributed by atoms with E-state index in [-0.39, 0.29) is 5.69 Å². The predicted octanol–water partition coefficient (Wildman–Crippen LogP) is 1.39. The Hall–Kier alpha value is -2.51. The van der Waals surface area contributed by atoms with Gasteiger partial charge < -0.3 is 10.4 Å². The summed E-state index contributed by atoms with van der Waals surface area (Å²) in [5, 5.41) is 21.1. The number of carboxylic acid groups (broad SMARTS) is 1. The summed E-state index contributed by atoms with van der Waals surface area (Å²) >= 11 is 0. The number of nitro groups is 1. The summed E-state index contributed by atoms with van der Waals surface area (Å²) in [7, 11) is 0. The summed E-state index contributed by atoms with van der Waals surface area (Å²) in [6.45, 7) is 1.17. The molecule has 0 saturated heterocycles. The predicted molar refractivity (Wildman–Crippen MR) is 58.5 cm³/mol. The van der Waals surface area contributed by atoms with Gasteiger partial charge in [-0.2, -0.15) is 4.39 Å². The van der Waals surface area contributed by atoms with Gasteiger partial charge in [-0.3, -0.25) is 19.7 Å². The van der Waals surface area contributed by atoms with E-state index in [1.54, 1.807) is 0 Å². The Morgan fingerprint density at radius 3 is 2.56 bits per heavy atom. The minimum absolute atomic E-state index is 0.0452. The Balaban J connectivity index is 2.87. The number of carbonyl (C=O) groups is 2. The van der Waals surface area contributed by atoms with Crippen LogP contribution < -0.4 is 5.32 Å². The Morgan fingerprint density at radius 1 is 1.50 bits per heavy atom. The normalized spacial score (nSPS) is 11.7. The zero-order chi connectivity index (χ0) is 13.9. The van der Waals surface area contributed by atoms with Crippen molar-refractivity contribution in [2.45, 2.75) is 6.92 Å². The summed E-state index contributed by atoms with van der Waals surface area (Å²) in [5.41, 5.74) is -0.768. The fourth-order valence-electron chi connectivity index (χ4n) is 1.10. The SMILES string of the molecule is CC(C(=O)O)C(=O)Nc1ccc([N+](=O)[O-])c(F)c1. The van der Waals surface area contributed by atoms with Gasteiger partial charge in [0.2, 0.25) is 11.7 Å². The van der Waals surface area contributed by atoms with Crippen molar-refractivity contribution in [3.63, 3.8) is 0 Å². The molecule has 1 rings (SSSR count). The van der Waals surface area contributed by atoms with Crippen LogP contribution in [-0.4, -0.2) is 21.9 Å². The van der Waals surface area contributed by atoms with Gasteiger partial charge in [0.25, 0.3) is 0 Å². The lowest BCUT2D eigenvalue weighted by Gasteiger charge is -2.08. The van der Waals surface area contributed by atoms with Gasteiger partial charge in [0.05, 0.1) is 4.92 Å². The fourth-order valence-corrected chi connectivity index (χ4v) is 1.10. The highest BCUT2D eigenvalue weighted by Crippen LogP contribution is 2.21. The van der Waals surface area contributed by atoms with Crippen LogP contribution in [0.4, 0.5) is 15.8 Å². The number of nitrogens with zero attached hydrogens (tertiary/aromatic N) is 1. The van der Waals surface area contributed by atoms with Crippen LogP contribution in [0.2, 0.25) is 0 Å². The monoisotopic (exact) mass is 256 g/mol. The van der Waals surface area contributed by atoms with E-state index in [2.05, 4.69) is 5.32 Å². The van der Waals surface area contributed by atoms with Gasteiger partial charge in [-0.1, -0.05) is 0 Å². The minimum atomic E-state index is -1.32. The van der Waals surface area contributed by atoms with Crippen LogP contribution in [0.15, 0.2) is 18.2 Å². The molecule has 96 valence electrons. The second-order valence-electron chi connectivity index (χ2n) is 3.47. The molecule has 0 aliphatic rings. The number of carbonyl (C=O) groups excluding carboxylic acids is 1. The number of anilines is 1. The fraction of sp³-hybridized carbons (Fsp3) is 0.200. The number of benzene rings is 1. The van der Waals surface area contributed by atoms with Crippen LogP contribution in [0.3, 0.4) is 0 Å². The maximum absolute atomic E-state index is 13.2. The number of halogens is 1. The molecule has 1 atom stereocenters. The van der Waals surface area contributed by atoms with Gasteiger partial charge in [0.15, 0.2) is 0 Å². The van der Waals surface area contributed by atoms with Gasteiger partial charge in [-0.05, 0) is 13.0 Å². The molecular formula is C10H9FN2O5. The molecule has 1 unspecified atom stereocenters. The third-order valence-electron chi connectivity index (χ3n) is 2.18. The van der Waals surface area contributed by atoms with E-state index in [0.717, 1.165) is 18.2 Å². The molecule has 0 saturated carbocycles. The number of hydrogen-bond donors (Lipinski definition) is 2. The highest BCUT2D eigenvalue weighted by Gasteiger charge is 2.21. The Kier molecular flexibility index (Phi) is 3.93. The molecular weight excluding hydrogens is 247 g/mol. The Morgan fingerprint density at radius 2 is 2.11 bits per heavy atom. The van der Waals surface area contributed by atoms with Crippen LogP contribution in [0, 0.1) is 21.8 Å². The van der Waals surface area contributed by atoms with Crippen LogP contribution in [0.25, 0.3) is 0 Å². The first-order valence-electron chi connectivity index (χ1n) is 4.80. The van der Waals surface area contributed by atoms with Gasteiger partial charge in [0.1, 0.15) is 5.92 Å². The zero-order valence-electron chi connectivity index (χ0n) is 9.21. The molecule has 0 spiro atoms. The number of nitro benzene ring substituents is 1. The lowest BCUT2D eigenvalue weighted by Crippen LogP contribution is -2.26. The first kappa shape index (κ1) is 13.6. The summed E-state index contributed by atoms with van der Waals surface area (Å²) < 4.78 is 13.2. The van der Waals surface area contributed by atoms with E-state index in [4.69, 9.17) is 5.11 Å². The van der Waals surface area contributed by atoms with Crippen molar-refractivity contribution in [2.24, 2.45) is 5.92 Å². The summed E-state index contributed by atoms with van der Waals surface area (Å²) in [6, 6.07) is 2.76. The third kappa shape index (κ3) is 3.00. The summed E-state index contributed by atoms with van der Waals surface area (Å²) in [5.74, 6) is -4.57. The number of amides is 1. The Bertz CT molecular complexity index is 517. The standard InChI is InChI=1S/C10H9FN2O5/c1-5(10(15)16)9(14)12-6-2-3-8(13(17)18)7(11)4-6/h2-5H,1H3,(H,12,14)(H,15,16). The average molecular weight is 256 g/mol. The molecule has 2 N–H and O–H groups in total. The molecule has 7 nitrogen and oxygen atoms in total. The molecule has 0 aliphatic carbocycles. The van der Waals surface area contributed by atoms with Gasteiger partial charge in [-0.25, -0.2) is 0 Å². The number of aliphatic carboxylic acids is 1. The maximum atomic E-state index is 13.2. The number of nitrogens with one attached hydrogen (secondary N) is 1. The molecule has 1 aromatic rings. The zero-order valence-corrected chi connectivity index (χ0v) is 9.21. The van der Waals surface area contributed by atoms with Crippen molar-refractivity contribution < 1.29 is 24.0 Å². The van der Waals surface area contributed by atoms with E-state index in [1.807, 2.05) is 0 Å². The first-order chi connectivity index (χ1) is 8.32. The lowest BCUT2D eigenvalue weighted by molar-refractivity contribution is -0.387. The average Bonchev–Trinajstić information content (AvgIpc) is 2.27. The second kappa shape index (κ2) is 5.21. The van der Waals surface area contributed by atoms with Crippen LogP contribution in [0.5, 0.6) is 0 Å². The van der Waals surface area contributed by atoms with Crippen molar-refractivity contribution in [3.05, 3.63) is 34.1 Å². The van der Waals surface area contributed by atoms with Crippen LogP contribution in [0.1, 0.15) is 6.92 Å². The van der Waals surface area contributed by atoms with Crippen molar-refractivity contribution >= 4 is 23.3 Å². The van der Waals surface area contributed by atoms with Gasteiger partial charge >= 0.3 is 11.7 Å². The molecule has 0 aliphatic heterocycles. The van der Waals surface area contributed by atoms with Crippen molar-refractivity contribution in [1.29, 1.82) is 0 Å². The molecule has 0 radical (unpaired) electrons. The van der Waals surface area contributed by atoms with E-state index in [9.17, 15) is 24.1 Å². The maximum Gasteiger partial charge on any atom is 0.315 e. The van der Waals surface area contributed by atoms with Crippen LogP contribution >= 0.6 is 0 Å². The quantitative estimate of drug-likeness (QED) is 0.480. The lowest BCUT2D eigenvalue weighted by atomic mass is 10.1. The van der Waals surface area contributed by atoms with Crippen LogP contribution in [-0.2, 0) is 9.59 Å². The van der Waals surface area contributed by atoms with Gasteiger partial charge in [-0.15, -0.1) is 0 Å². The molecule has 0 aromatic heterocycles. The number of rotatable bonds is 4. The molecule has 1 amide bonds. The highest BCUT2D eigenvalue weighted by atomic mass is 19.1. The molecule has 0 heterocycles. The van der Waals surface area contributed by atoms with Crippen molar-refractivity contribution in [3.8, 4) is 0 Å². The molecule has 18 heavy (non-hydrogen) atoms. The topological polar surface area (TPSA) is 110 Å². The van der Waals surface area contributed by atoms with E-state index < -0.39 is 34.2 Å². The van der Waals surface area contributed by atoms with E-state index in [0.29, 0.717) is 0 Å². The highest BCUT2D eigenvalue weighted by molar-refractivity contribution is 6.03. The van der Waals surface area contributed by atoms with Crippen molar-refractivity contribution in [2.75, 3.05) is 5.32 Å². The number of hydrogen-bond acceptors (Lipinski definition) is 4. The molecule has 0 fully saturated rings. The van der Waals surface area contributed by atoms with E-state index in [1.165, 1.54) is 6.92 Å². The van der Waals surface area contributed by atoms with Gasteiger partial charge in [0, 0.05) is 17.8 Å². The third-order valence-corrected chi connectivity index (χ3v) is 2.18. The molecule has 1 aromatic carbocycles. The Labute approximate surface area is 100 Å².